The van der Waals surface area contributed by atoms with Crippen molar-refractivity contribution in [3.05, 3.63) is 83.9 Å². The van der Waals surface area contributed by atoms with E-state index in [-0.39, 0.29) is 29.6 Å². The smallest absolute Gasteiger partial charge is 0.406 e. The molecule has 0 atom stereocenters. The first-order valence-corrected chi connectivity index (χ1v) is 9.87. The van der Waals surface area contributed by atoms with Crippen LogP contribution >= 0.6 is 0 Å². The van der Waals surface area contributed by atoms with E-state index in [0.29, 0.717) is 22.2 Å². The highest BCUT2D eigenvalue weighted by Gasteiger charge is 2.31. The lowest BCUT2D eigenvalue weighted by molar-refractivity contribution is -0.274. The topological polar surface area (TPSA) is 66.0 Å². The maximum atomic E-state index is 14.2. The van der Waals surface area contributed by atoms with Gasteiger partial charge in [0.1, 0.15) is 17.4 Å². The van der Waals surface area contributed by atoms with Crippen molar-refractivity contribution in [2.75, 3.05) is 0 Å². The molecule has 0 spiro atoms. The first kappa shape index (κ1) is 21.6. The first-order chi connectivity index (χ1) is 16.3. The maximum absolute atomic E-state index is 14.2. The molecule has 2 heterocycles. The monoisotopic (exact) mass is 472 g/mol. The molecule has 0 radical (unpaired) electrons. The number of hydrogen-bond acceptors (Lipinski definition) is 5. The Morgan fingerprint density at radius 3 is 2.29 bits per heavy atom. The number of para-hydroxylation sites is 1. The molecule has 5 aromatic rings. The van der Waals surface area contributed by atoms with E-state index >= 15 is 0 Å². The standard InChI is InChI=1S/C23H13F5N4O2/c24-17-5-3-6-18(25)16(17)12-32-19-7-2-1-4-15(19)20(30-32)22-29-21(31-34-22)13-8-10-14(11-9-13)33-23(26,27)28/h1-11H,12H2. The number of benzene rings is 3. The van der Waals surface area contributed by atoms with E-state index in [1.54, 1.807) is 24.3 Å². The Labute approximate surface area is 188 Å². The van der Waals surface area contributed by atoms with Crippen molar-refractivity contribution in [3.63, 3.8) is 0 Å². The van der Waals surface area contributed by atoms with Crippen LogP contribution in [0.5, 0.6) is 5.75 Å². The summed E-state index contributed by atoms with van der Waals surface area (Å²) in [7, 11) is 0. The predicted octanol–water partition coefficient (Wildman–Crippen LogP) is 5.98. The van der Waals surface area contributed by atoms with Crippen molar-refractivity contribution in [2.45, 2.75) is 12.9 Å². The second kappa shape index (κ2) is 8.25. The highest BCUT2D eigenvalue weighted by atomic mass is 19.4. The summed E-state index contributed by atoms with van der Waals surface area (Å²) >= 11 is 0. The molecule has 0 aliphatic carbocycles. The molecular weight excluding hydrogens is 459 g/mol. The Hall–Kier alpha value is -4.28. The lowest BCUT2D eigenvalue weighted by atomic mass is 10.2. The third kappa shape index (κ3) is 4.19. The van der Waals surface area contributed by atoms with Gasteiger partial charge in [-0.15, -0.1) is 13.2 Å². The normalized spacial score (nSPS) is 11.8. The number of rotatable bonds is 5. The summed E-state index contributed by atoms with van der Waals surface area (Å²) in [6.07, 6.45) is -4.80. The number of fused-ring (bicyclic) bond motifs is 1. The molecule has 0 saturated heterocycles. The van der Waals surface area contributed by atoms with E-state index in [2.05, 4.69) is 20.0 Å². The Bertz CT molecular complexity index is 1460. The van der Waals surface area contributed by atoms with Crippen molar-refractivity contribution in [2.24, 2.45) is 0 Å². The SMILES string of the molecule is Fc1cccc(F)c1Cn1nc(-c2nc(-c3ccc(OC(F)(F)F)cc3)no2)c2ccccc21. The van der Waals surface area contributed by atoms with Crippen molar-refractivity contribution < 1.29 is 31.2 Å². The van der Waals surface area contributed by atoms with Gasteiger partial charge in [-0.3, -0.25) is 4.68 Å². The van der Waals surface area contributed by atoms with E-state index in [0.717, 1.165) is 12.1 Å². The van der Waals surface area contributed by atoms with Gasteiger partial charge in [0.2, 0.25) is 5.82 Å². The first-order valence-electron chi connectivity index (χ1n) is 9.87. The van der Waals surface area contributed by atoms with Gasteiger partial charge >= 0.3 is 6.36 Å². The highest BCUT2D eigenvalue weighted by molar-refractivity contribution is 5.91. The van der Waals surface area contributed by atoms with Crippen molar-refractivity contribution >= 4 is 10.9 Å². The minimum Gasteiger partial charge on any atom is -0.406 e. The predicted molar refractivity (Wildman–Crippen MR) is 111 cm³/mol. The molecule has 0 N–H and O–H groups in total. The van der Waals surface area contributed by atoms with E-state index in [4.69, 9.17) is 4.52 Å². The molecule has 0 saturated carbocycles. The number of ether oxygens (including phenoxy) is 1. The van der Waals surface area contributed by atoms with Crippen LogP contribution in [-0.2, 0) is 6.54 Å². The van der Waals surface area contributed by atoms with Crippen LogP contribution in [0.1, 0.15) is 5.56 Å². The summed E-state index contributed by atoms with van der Waals surface area (Å²) in [5.41, 5.74) is 1.13. The Kier molecular flexibility index (Phi) is 5.23. The van der Waals surface area contributed by atoms with Crippen LogP contribution in [0, 0.1) is 11.6 Å². The minimum absolute atomic E-state index is 0.0366. The van der Waals surface area contributed by atoms with Crippen LogP contribution in [0.15, 0.2) is 71.3 Å². The summed E-state index contributed by atoms with van der Waals surface area (Å²) in [6.45, 7) is -0.166. The van der Waals surface area contributed by atoms with Crippen LogP contribution in [0.25, 0.3) is 33.9 Å². The third-order valence-corrected chi connectivity index (χ3v) is 5.00. The zero-order chi connectivity index (χ0) is 23.9. The van der Waals surface area contributed by atoms with E-state index in [1.807, 2.05) is 0 Å². The molecule has 0 bridgehead atoms. The largest absolute Gasteiger partial charge is 0.573 e. The van der Waals surface area contributed by atoms with Gasteiger partial charge in [0.15, 0.2) is 5.69 Å². The number of nitrogens with zero attached hydrogens (tertiary/aromatic N) is 4. The zero-order valence-corrected chi connectivity index (χ0v) is 17.1. The molecule has 0 aliphatic heterocycles. The van der Waals surface area contributed by atoms with Crippen molar-refractivity contribution in [3.8, 4) is 28.7 Å². The lowest BCUT2D eigenvalue weighted by Crippen LogP contribution is -2.16. The second-order valence-electron chi connectivity index (χ2n) is 7.22. The fourth-order valence-electron chi connectivity index (χ4n) is 3.48. The summed E-state index contributed by atoms with van der Waals surface area (Å²) in [6, 6.07) is 15.6. The molecule has 172 valence electrons. The molecule has 0 aliphatic rings. The average Bonchev–Trinajstić information content (AvgIpc) is 3.41. The molecule has 5 rings (SSSR count). The Morgan fingerprint density at radius 2 is 1.59 bits per heavy atom. The fraction of sp³-hybridized carbons (Fsp3) is 0.0870. The van der Waals surface area contributed by atoms with Gasteiger partial charge in [-0.2, -0.15) is 10.1 Å². The van der Waals surface area contributed by atoms with Crippen molar-refractivity contribution in [1.82, 2.24) is 19.9 Å². The molecular formula is C23H13F5N4O2. The van der Waals surface area contributed by atoms with Gasteiger partial charge in [0, 0.05) is 16.5 Å². The lowest BCUT2D eigenvalue weighted by Gasteiger charge is -2.08. The summed E-state index contributed by atoms with van der Waals surface area (Å²) in [5.74, 6) is -1.62. The molecule has 0 fully saturated rings. The van der Waals surface area contributed by atoms with Crippen LogP contribution in [0.3, 0.4) is 0 Å². The van der Waals surface area contributed by atoms with Gasteiger partial charge < -0.3 is 9.26 Å². The van der Waals surface area contributed by atoms with E-state index in [1.165, 1.54) is 35.0 Å². The van der Waals surface area contributed by atoms with Gasteiger partial charge in [-0.05, 0) is 42.5 Å². The summed E-state index contributed by atoms with van der Waals surface area (Å²) in [4.78, 5) is 4.30. The molecule has 0 unspecified atom stereocenters. The Morgan fingerprint density at radius 1 is 0.882 bits per heavy atom. The number of hydrogen-bond donors (Lipinski definition) is 0. The zero-order valence-electron chi connectivity index (χ0n) is 17.1. The van der Waals surface area contributed by atoms with Gasteiger partial charge in [-0.25, -0.2) is 8.78 Å². The van der Waals surface area contributed by atoms with Crippen LogP contribution in [0.4, 0.5) is 22.0 Å². The number of halogens is 5. The number of aromatic nitrogens is 4. The second-order valence-corrected chi connectivity index (χ2v) is 7.22. The van der Waals surface area contributed by atoms with Crippen molar-refractivity contribution in [1.29, 1.82) is 0 Å². The van der Waals surface area contributed by atoms with Gasteiger partial charge in [0.25, 0.3) is 5.89 Å². The summed E-state index contributed by atoms with van der Waals surface area (Å²) in [5, 5.41) is 8.93. The van der Waals surface area contributed by atoms with Crippen LogP contribution < -0.4 is 4.74 Å². The average molecular weight is 472 g/mol. The third-order valence-electron chi connectivity index (χ3n) is 5.00. The van der Waals surface area contributed by atoms with E-state index in [9.17, 15) is 22.0 Å². The van der Waals surface area contributed by atoms with Gasteiger partial charge in [0.05, 0.1) is 12.1 Å². The molecule has 11 heteroatoms. The summed E-state index contributed by atoms with van der Waals surface area (Å²) < 4.78 is 76.1. The molecule has 34 heavy (non-hydrogen) atoms. The highest BCUT2D eigenvalue weighted by Crippen LogP contribution is 2.30. The molecule has 6 nitrogen and oxygen atoms in total. The molecule has 3 aromatic carbocycles. The Balaban J connectivity index is 1.49. The fourth-order valence-corrected chi connectivity index (χ4v) is 3.48. The van der Waals surface area contributed by atoms with Crippen LogP contribution in [-0.4, -0.2) is 26.3 Å². The molecule has 0 amide bonds. The minimum atomic E-state index is -4.80. The van der Waals surface area contributed by atoms with E-state index < -0.39 is 18.0 Å². The quantitative estimate of drug-likeness (QED) is 0.295. The molecule has 2 aromatic heterocycles. The maximum Gasteiger partial charge on any atom is 0.573 e. The van der Waals surface area contributed by atoms with Gasteiger partial charge in [-0.1, -0.05) is 29.4 Å². The van der Waals surface area contributed by atoms with Crippen LogP contribution in [0.2, 0.25) is 0 Å². The number of alkyl halides is 3.